The Labute approximate surface area is 170 Å². The number of rotatable bonds is 3. The van der Waals surface area contributed by atoms with Crippen molar-refractivity contribution in [2.75, 3.05) is 18.0 Å². The van der Waals surface area contributed by atoms with Crippen molar-refractivity contribution in [3.8, 4) is 6.07 Å². The minimum absolute atomic E-state index is 0.281. The van der Waals surface area contributed by atoms with Crippen molar-refractivity contribution in [2.45, 2.75) is 33.1 Å². The molecule has 0 saturated carbocycles. The van der Waals surface area contributed by atoms with Gasteiger partial charge in [-0.1, -0.05) is 23.8 Å². The minimum Gasteiger partial charge on any atom is -0.366 e. The fraction of sp³-hybridized carbons (Fsp3) is 0.292. The van der Waals surface area contributed by atoms with Crippen LogP contribution in [0, 0.1) is 25.2 Å². The average molecular weight is 385 g/mol. The molecule has 2 aliphatic heterocycles. The lowest BCUT2D eigenvalue weighted by Gasteiger charge is -2.29. The van der Waals surface area contributed by atoms with Crippen molar-refractivity contribution in [1.29, 1.82) is 5.26 Å². The van der Waals surface area contributed by atoms with Crippen LogP contribution < -0.4 is 4.90 Å². The van der Waals surface area contributed by atoms with Gasteiger partial charge in [0, 0.05) is 13.1 Å². The Hall–Kier alpha value is -3.39. The molecule has 5 heteroatoms. The Balaban J connectivity index is 1.84. The van der Waals surface area contributed by atoms with Crippen LogP contribution in [-0.2, 0) is 9.59 Å². The lowest BCUT2D eigenvalue weighted by molar-refractivity contribution is -0.120. The molecule has 0 radical (unpaired) electrons. The van der Waals surface area contributed by atoms with Gasteiger partial charge in [-0.3, -0.25) is 9.59 Å². The zero-order valence-electron chi connectivity index (χ0n) is 16.7. The number of anilines is 1. The number of likely N-dealkylation sites (tertiary alicyclic amines) is 1. The molecule has 4 rings (SSSR count). The van der Waals surface area contributed by atoms with Crippen LogP contribution in [0.1, 0.15) is 41.5 Å². The number of nitrogens with zero attached hydrogens (tertiary/aromatic N) is 3. The lowest BCUT2D eigenvalue weighted by atomic mass is 9.96. The van der Waals surface area contributed by atoms with E-state index in [-0.39, 0.29) is 11.8 Å². The first-order chi connectivity index (χ1) is 14.0. The summed E-state index contributed by atoms with van der Waals surface area (Å²) in [5, 5.41) is 9.04. The molecule has 29 heavy (non-hydrogen) atoms. The molecular weight excluding hydrogens is 362 g/mol. The van der Waals surface area contributed by atoms with Crippen LogP contribution in [0.2, 0.25) is 0 Å². The first-order valence-electron chi connectivity index (χ1n) is 9.97. The van der Waals surface area contributed by atoms with Gasteiger partial charge in [0.25, 0.3) is 11.8 Å². The monoisotopic (exact) mass is 385 g/mol. The van der Waals surface area contributed by atoms with Gasteiger partial charge in [-0.15, -0.1) is 0 Å². The maximum absolute atomic E-state index is 13.5. The molecule has 0 N–H and O–H groups in total. The third-order valence-corrected chi connectivity index (χ3v) is 5.64. The highest BCUT2D eigenvalue weighted by Crippen LogP contribution is 2.37. The van der Waals surface area contributed by atoms with Crippen molar-refractivity contribution < 1.29 is 9.59 Å². The van der Waals surface area contributed by atoms with E-state index in [9.17, 15) is 9.59 Å². The number of hydrogen-bond acceptors (Lipinski definition) is 4. The number of nitriles is 1. The van der Waals surface area contributed by atoms with Gasteiger partial charge in [0.2, 0.25) is 0 Å². The highest BCUT2D eigenvalue weighted by atomic mass is 16.2. The summed E-state index contributed by atoms with van der Waals surface area (Å²) in [5.41, 5.74) is 4.89. The third-order valence-electron chi connectivity index (χ3n) is 5.64. The maximum atomic E-state index is 13.5. The van der Waals surface area contributed by atoms with E-state index in [1.165, 1.54) is 4.90 Å². The van der Waals surface area contributed by atoms with Crippen LogP contribution in [0.4, 0.5) is 5.69 Å². The van der Waals surface area contributed by atoms with E-state index in [1.807, 2.05) is 32.0 Å². The van der Waals surface area contributed by atoms with Crippen LogP contribution in [-0.4, -0.2) is 29.8 Å². The summed E-state index contributed by atoms with van der Waals surface area (Å²) < 4.78 is 0. The highest BCUT2D eigenvalue weighted by Gasteiger charge is 2.43. The number of aryl methyl sites for hydroxylation is 2. The van der Waals surface area contributed by atoms with Gasteiger partial charge in [-0.25, -0.2) is 4.90 Å². The molecule has 0 atom stereocenters. The first kappa shape index (κ1) is 18.9. The first-order valence-corrected chi connectivity index (χ1v) is 9.97. The van der Waals surface area contributed by atoms with E-state index in [4.69, 9.17) is 5.26 Å². The quantitative estimate of drug-likeness (QED) is 0.751. The maximum Gasteiger partial charge on any atom is 0.282 e. The largest absolute Gasteiger partial charge is 0.366 e. The summed E-state index contributed by atoms with van der Waals surface area (Å²) in [6, 6.07) is 14.6. The zero-order chi connectivity index (χ0) is 20.5. The van der Waals surface area contributed by atoms with Gasteiger partial charge in [-0.2, -0.15) is 5.26 Å². The van der Waals surface area contributed by atoms with Crippen molar-refractivity contribution in [2.24, 2.45) is 0 Å². The minimum atomic E-state index is -0.299. The van der Waals surface area contributed by atoms with E-state index in [0.29, 0.717) is 22.5 Å². The Morgan fingerprint density at radius 1 is 0.897 bits per heavy atom. The lowest BCUT2D eigenvalue weighted by Crippen LogP contribution is -2.37. The van der Waals surface area contributed by atoms with Crippen LogP contribution in [0.15, 0.2) is 48.2 Å². The smallest absolute Gasteiger partial charge is 0.282 e. The SMILES string of the molecule is Cc1ccc(C2=C(N3CCCCC3)C(=O)N(c3ccc(C#N)cc3)C2=O)c(C)c1. The van der Waals surface area contributed by atoms with Gasteiger partial charge in [-0.05, 0) is 68.5 Å². The molecule has 5 nitrogen and oxygen atoms in total. The van der Waals surface area contributed by atoms with E-state index in [2.05, 4.69) is 11.0 Å². The van der Waals surface area contributed by atoms with Gasteiger partial charge in [0.15, 0.2) is 0 Å². The molecule has 1 saturated heterocycles. The van der Waals surface area contributed by atoms with E-state index in [0.717, 1.165) is 49.0 Å². The van der Waals surface area contributed by atoms with E-state index < -0.39 is 0 Å². The van der Waals surface area contributed by atoms with E-state index >= 15 is 0 Å². The molecule has 1 fully saturated rings. The molecule has 0 unspecified atom stereocenters. The number of carbonyl (C=O) groups is 2. The molecule has 2 heterocycles. The van der Waals surface area contributed by atoms with Crippen LogP contribution in [0.5, 0.6) is 0 Å². The molecule has 2 aliphatic rings. The van der Waals surface area contributed by atoms with Gasteiger partial charge >= 0.3 is 0 Å². The normalized spacial score (nSPS) is 17.1. The second-order valence-electron chi connectivity index (χ2n) is 7.69. The third kappa shape index (κ3) is 3.31. The zero-order valence-corrected chi connectivity index (χ0v) is 16.7. The second-order valence-corrected chi connectivity index (χ2v) is 7.69. The molecule has 0 aromatic heterocycles. The Morgan fingerprint density at radius 3 is 2.21 bits per heavy atom. The van der Waals surface area contributed by atoms with E-state index in [1.54, 1.807) is 24.3 Å². The number of imide groups is 1. The standard InChI is InChI=1S/C24H23N3O2/c1-16-6-11-20(17(2)14-16)21-22(26-12-4-3-5-13-26)24(29)27(23(21)28)19-9-7-18(15-25)8-10-19/h6-11,14H,3-5,12-13H2,1-2H3. The van der Waals surface area contributed by atoms with Crippen LogP contribution in [0.25, 0.3) is 5.57 Å². The Kier molecular flexibility index (Phi) is 4.94. The summed E-state index contributed by atoms with van der Waals surface area (Å²) in [5.74, 6) is -0.580. The topological polar surface area (TPSA) is 64.4 Å². The summed E-state index contributed by atoms with van der Waals surface area (Å²) >= 11 is 0. The summed E-state index contributed by atoms with van der Waals surface area (Å²) in [6.07, 6.45) is 3.17. The van der Waals surface area contributed by atoms with Crippen LogP contribution in [0.3, 0.4) is 0 Å². The number of amides is 2. The molecule has 0 aliphatic carbocycles. The molecule has 0 spiro atoms. The molecule has 0 bridgehead atoms. The summed E-state index contributed by atoms with van der Waals surface area (Å²) in [7, 11) is 0. The fourth-order valence-corrected chi connectivity index (χ4v) is 4.19. The molecule has 146 valence electrons. The van der Waals surface area contributed by atoms with Gasteiger partial charge < -0.3 is 4.90 Å². The fourth-order valence-electron chi connectivity index (χ4n) is 4.19. The second kappa shape index (κ2) is 7.56. The van der Waals surface area contributed by atoms with Crippen molar-refractivity contribution in [3.63, 3.8) is 0 Å². The molecule has 2 amide bonds. The highest BCUT2D eigenvalue weighted by molar-refractivity contribution is 6.45. The average Bonchev–Trinajstić information content (AvgIpc) is 2.99. The number of benzene rings is 2. The summed E-state index contributed by atoms with van der Waals surface area (Å²) in [6.45, 7) is 5.56. The molecule has 2 aromatic carbocycles. The molecular formula is C24H23N3O2. The van der Waals surface area contributed by atoms with Crippen molar-refractivity contribution in [3.05, 3.63) is 70.4 Å². The Morgan fingerprint density at radius 2 is 1.59 bits per heavy atom. The number of hydrogen-bond donors (Lipinski definition) is 0. The Bertz CT molecular complexity index is 1050. The van der Waals surface area contributed by atoms with Crippen molar-refractivity contribution in [1.82, 2.24) is 4.90 Å². The summed E-state index contributed by atoms with van der Waals surface area (Å²) in [4.78, 5) is 30.3. The van der Waals surface area contributed by atoms with Crippen molar-refractivity contribution >= 4 is 23.1 Å². The van der Waals surface area contributed by atoms with Crippen LogP contribution >= 0.6 is 0 Å². The van der Waals surface area contributed by atoms with Gasteiger partial charge in [0.1, 0.15) is 5.70 Å². The van der Waals surface area contributed by atoms with Gasteiger partial charge in [0.05, 0.1) is 22.9 Å². The predicted octanol–water partition coefficient (Wildman–Crippen LogP) is 3.95. The number of piperidine rings is 1. The molecule has 2 aromatic rings. The number of carbonyl (C=O) groups excluding carboxylic acids is 2. The predicted molar refractivity (Wildman–Crippen MR) is 112 cm³/mol.